The van der Waals surface area contributed by atoms with E-state index in [-0.39, 0.29) is 36.8 Å². The zero-order chi connectivity index (χ0) is 17.1. The lowest BCUT2D eigenvalue weighted by atomic mass is 10.1. The Labute approximate surface area is 170 Å². The number of aromatic amines is 1. The molecule has 0 aliphatic carbocycles. The largest absolute Gasteiger partial charge is 0.490 e. The predicted octanol–water partition coefficient (Wildman–Crippen LogP) is 2.90. The number of aromatic nitrogens is 2. The summed E-state index contributed by atoms with van der Waals surface area (Å²) in [6.07, 6.45) is 5.28. The van der Waals surface area contributed by atoms with E-state index < -0.39 is 0 Å². The lowest BCUT2D eigenvalue weighted by molar-refractivity contribution is 0.0559. The summed E-state index contributed by atoms with van der Waals surface area (Å²) < 4.78 is 5.82. The van der Waals surface area contributed by atoms with Crippen LogP contribution in [0.25, 0.3) is 10.9 Å². The van der Waals surface area contributed by atoms with E-state index in [4.69, 9.17) is 4.74 Å². The van der Waals surface area contributed by atoms with Crippen molar-refractivity contribution in [2.75, 3.05) is 26.2 Å². The Kier molecular flexibility index (Phi) is 7.47. The number of carbonyl (C=O) groups is 1. The Morgan fingerprint density at radius 1 is 1.26 bits per heavy atom. The molecule has 1 aromatic carbocycles. The third kappa shape index (κ3) is 4.71. The standard InChI is InChI=1S/C19H20N4O2.2ClH/c24-19(15-3-4-18-14(10-15)5-7-22-18)23-9-8-21-11-16(23)13-25-17-2-1-6-20-12-17;;/h1-7,10,12,16,21-22H,8-9,11,13H2;2*1H. The number of nitrogens with one attached hydrogen (secondary N) is 2. The van der Waals surface area contributed by atoms with E-state index in [1.54, 1.807) is 12.4 Å². The van der Waals surface area contributed by atoms with E-state index >= 15 is 0 Å². The molecule has 3 heterocycles. The summed E-state index contributed by atoms with van der Waals surface area (Å²) in [4.78, 5) is 22.1. The van der Waals surface area contributed by atoms with Crippen LogP contribution in [0.5, 0.6) is 5.75 Å². The number of benzene rings is 1. The first-order chi connectivity index (χ1) is 12.3. The molecule has 0 saturated carbocycles. The zero-order valence-corrected chi connectivity index (χ0v) is 16.3. The molecule has 1 aliphatic heterocycles. The number of nitrogens with zero attached hydrogens (tertiary/aromatic N) is 2. The van der Waals surface area contributed by atoms with Crippen LogP contribution >= 0.6 is 24.8 Å². The summed E-state index contributed by atoms with van der Waals surface area (Å²) in [5.74, 6) is 0.763. The van der Waals surface area contributed by atoms with Gasteiger partial charge in [-0.05, 0) is 36.4 Å². The van der Waals surface area contributed by atoms with E-state index in [1.807, 2.05) is 47.5 Å². The minimum Gasteiger partial charge on any atom is -0.490 e. The SMILES string of the molecule is Cl.Cl.O=C(c1ccc2[nH]ccc2c1)N1CCNCC1COc1cccnc1. The number of pyridine rings is 1. The average molecular weight is 409 g/mol. The van der Waals surface area contributed by atoms with Crippen molar-refractivity contribution in [3.05, 3.63) is 60.6 Å². The molecule has 8 heteroatoms. The molecule has 1 fully saturated rings. The highest BCUT2D eigenvalue weighted by molar-refractivity contribution is 5.98. The van der Waals surface area contributed by atoms with Crippen molar-refractivity contribution >= 4 is 41.6 Å². The van der Waals surface area contributed by atoms with Crippen LogP contribution in [0.4, 0.5) is 0 Å². The van der Waals surface area contributed by atoms with E-state index in [0.717, 1.165) is 24.0 Å². The maximum Gasteiger partial charge on any atom is 0.254 e. The summed E-state index contributed by atoms with van der Waals surface area (Å²) in [7, 11) is 0. The van der Waals surface area contributed by atoms with Crippen LogP contribution in [-0.4, -0.2) is 53.1 Å². The number of hydrogen-bond acceptors (Lipinski definition) is 4. The number of piperazine rings is 1. The summed E-state index contributed by atoms with van der Waals surface area (Å²) in [5.41, 5.74) is 1.74. The number of rotatable bonds is 4. The van der Waals surface area contributed by atoms with Gasteiger partial charge in [-0.25, -0.2) is 0 Å². The molecule has 0 radical (unpaired) electrons. The van der Waals surface area contributed by atoms with E-state index in [2.05, 4.69) is 15.3 Å². The van der Waals surface area contributed by atoms with Crippen LogP contribution in [0.1, 0.15) is 10.4 Å². The predicted molar refractivity (Wildman–Crippen MR) is 110 cm³/mol. The molecule has 1 unspecified atom stereocenters. The Balaban J connectivity index is 0.00000131. The minimum atomic E-state index is -0.0108. The van der Waals surface area contributed by atoms with Crippen molar-refractivity contribution in [1.29, 1.82) is 0 Å². The quantitative estimate of drug-likeness (QED) is 0.695. The van der Waals surface area contributed by atoms with Crippen LogP contribution in [0.15, 0.2) is 55.0 Å². The molecular weight excluding hydrogens is 387 g/mol. The van der Waals surface area contributed by atoms with Crippen LogP contribution in [0.3, 0.4) is 0 Å². The number of halogens is 2. The molecule has 1 atom stereocenters. The molecule has 1 aliphatic rings. The number of fused-ring (bicyclic) bond motifs is 1. The first-order valence-electron chi connectivity index (χ1n) is 8.43. The third-order valence-corrected chi connectivity index (χ3v) is 4.49. The molecule has 0 spiro atoms. The monoisotopic (exact) mass is 408 g/mol. The maximum atomic E-state index is 13.0. The Morgan fingerprint density at radius 2 is 2.15 bits per heavy atom. The van der Waals surface area contributed by atoms with Gasteiger partial charge < -0.3 is 19.9 Å². The van der Waals surface area contributed by atoms with Crippen molar-refractivity contribution in [3.8, 4) is 5.75 Å². The first kappa shape index (κ1) is 21.0. The fourth-order valence-electron chi connectivity index (χ4n) is 3.15. The van der Waals surface area contributed by atoms with Gasteiger partial charge in [-0.3, -0.25) is 9.78 Å². The smallest absolute Gasteiger partial charge is 0.254 e. The summed E-state index contributed by atoms with van der Waals surface area (Å²) in [6, 6.07) is 11.4. The van der Waals surface area contributed by atoms with Crippen LogP contribution in [0.2, 0.25) is 0 Å². The molecule has 0 bridgehead atoms. The van der Waals surface area contributed by atoms with Gasteiger partial charge in [0.1, 0.15) is 12.4 Å². The number of amides is 1. The highest BCUT2D eigenvalue weighted by Crippen LogP contribution is 2.18. The van der Waals surface area contributed by atoms with E-state index in [1.165, 1.54) is 0 Å². The van der Waals surface area contributed by atoms with Gasteiger partial charge in [0, 0.05) is 48.5 Å². The van der Waals surface area contributed by atoms with E-state index in [9.17, 15) is 4.79 Å². The van der Waals surface area contributed by atoms with Gasteiger partial charge in [0.05, 0.1) is 12.2 Å². The normalized spacial score (nSPS) is 16.3. The average Bonchev–Trinajstić information content (AvgIpc) is 3.14. The van der Waals surface area contributed by atoms with Crippen molar-refractivity contribution < 1.29 is 9.53 Å². The Hall–Kier alpha value is -2.28. The van der Waals surface area contributed by atoms with Crippen LogP contribution in [-0.2, 0) is 0 Å². The second-order valence-electron chi connectivity index (χ2n) is 6.14. The molecule has 1 amide bonds. The molecule has 27 heavy (non-hydrogen) atoms. The lowest BCUT2D eigenvalue weighted by Crippen LogP contribution is -2.55. The third-order valence-electron chi connectivity index (χ3n) is 4.49. The minimum absolute atomic E-state index is 0. The number of hydrogen-bond donors (Lipinski definition) is 2. The fraction of sp³-hybridized carbons (Fsp3) is 0.263. The van der Waals surface area contributed by atoms with Crippen molar-refractivity contribution in [2.24, 2.45) is 0 Å². The molecular formula is C19H22Cl2N4O2. The molecule has 2 aromatic heterocycles. The molecule has 3 aromatic rings. The van der Waals surface area contributed by atoms with Crippen molar-refractivity contribution in [2.45, 2.75) is 6.04 Å². The number of carbonyl (C=O) groups excluding carboxylic acids is 1. The summed E-state index contributed by atoms with van der Waals surface area (Å²) >= 11 is 0. The summed E-state index contributed by atoms with van der Waals surface area (Å²) in [6.45, 7) is 2.63. The fourth-order valence-corrected chi connectivity index (χ4v) is 3.15. The van der Waals surface area contributed by atoms with E-state index in [0.29, 0.717) is 24.5 Å². The van der Waals surface area contributed by atoms with Gasteiger partial charge in [0.2, 0.25) is 0 Å². The van der Waals surface area contributed by atoms with Crippen molar-refractivity contribution in [1.82, 2.24) is 20.2 Å². The molecule has 144 valence electrons. The lowest BCUT2D eigenvalue weighted by Gasteiger charge is -2.36. The molecule has 1 saturated heterocycles. The number of ether oxygens (including phenoxy) is 1. The molecule has 4 rings (SSSR count). The molecule has 6 nitrogen and oxygen atoms in total. The molecule has 2 N–H and O–H groups in total. The summed E-state index contributed by atoms with van der Waals surface area (Å²) in [5, 5.41) is 4.38. The van der Waals surface area contributed by atoms with Crippen LogP contribution in [0, 0.1) is 0 Å². The van der Waals surface area contributed by atoms with Gasteiger partial charge in [-0.1, -0.05) is 0 Å². The van der Waals surface area contributed by atoms with Crippen molar-refractivity contribution in [3.63, 3.8) is 0 Å². The highest BCUT2D eigenvalue weighted by Gasteiger charge is 2.28. The highest BCUT2D eigenvalue weighted by atomic mass is 35.5. The van der Waals surface area contributed by atoms with Gasteiger partial charge in [-0.2, -0.15) is 0 Å². The topological polar surface area (TPSA) is 70.2 Å². The second-order valence-corrected chi connectivity index (χ2v) is 6.14. The Morgan fingerprint density at radius 3 is 2.96 bits per heavy atom. The van der Waals surface area contributed by atoms with Gasteiger partial charge >= 0.3 is 0 Å². The van der Waals surface area contributed by atoms with Gasteiger partial charge in [-0.15, -0.1) is 24.8 Å². The van der Waals surface area contributed by atoms with Crippen LogP contribution < -0.4 is 10.1 Å². The van der Waals surface area contributed by atoms with Gasteiger partial charge in [0.15, 0.2) is 0 Å². The second kappa shape index (κ2) is 9.60. The Bertz CT molecular complexity index is 872. The zero-order valence-electron chi connectivity index (χ0n) is 14.6. The van der Waals surface area contributed by atoms with Gasteiger partial charge in [0.25, 0.3) is 5.91 Å². The maximum absolute atomic E-state index is 13.0. The first-order valence-corrected chi connectivity index (χ1v) is 8.43. The number of H-pyrrole nitrogens is 1.